The van der Waals surface area contributed by atoms with Gasteiger partial charge in [-0.05, 0) is 77.6 Å². The quantitative estimate of drug-likeness (QED) is 0.697. The number of aryl methyl sites for hydroxylation is 1. The number of carbonyl (C=O) groups excluding carboxylic acids is 1. The Bertz CT molecular complexity index is 905. The van der Waals surface area contributed by atoms with Gasteiger partial charge in [0, 0.05) is 17.2 Å². The number of rotatable bonds is 1. The smallest absolute Gasteiger partial charge is 0.411 e. The van der Waals surface area contributed by atoms with Crippen molar-refractivity contribution >= 4 is 6.09 Å². The van der Waals surface area contributed by atoms with E-state index in [1.807, 2.05) is 32.6 Å². The molecule has 1 amide bonds. The largest absolute Gasteiger partial charge is 0.444 e. The number of hydrogen-bond acceptors (Lipinski definition) is 4. The minimum Gasteiger partial charge on any atom is -0.444 e. The molecule has 0 radical (unpaired) electrons. The van der Waals surface area contributed by atoms with E-state index in [-0.39, 0.29) is 24.0 Å². The molecule has 4 rings (SSSR count). The van der Waals surface area contributed by atoms with E-state index in [0.29, 0.717) is 12.2 Å². The molecule has 148 valence electrons. The molecule has 0 unspecified atom stereocenters. The molecule has 28 heavy (non-hydrogen) atoms. The number of nitrogens with zero attached hydrogens (tertiary/aromatic N) is 3. The number of ether oxygens (including phenoxy) is 1. The van der Waals surface area contributed by atoms with Gasteiger partial charge in [-0.1, -0.05) is 0 Å². The van der Waals surface area contributed by atoms with Crippen LogP contribution in [0.2, 0.25) is 0 Å². The van der Waals surface area contributed by atoms with Gasteiger partial charge >= 0.3 is 6.09 Å². The maximum Gasteiger partial charge on any atom is 0.411 e. The average molecular weight is 383 g/mol. The summed E-state index contributed by atoms with van der Waals surface area (Å²) in [4.78, 5) is 24.2. The van der Waals surface area contributed by atoms with Crippen molar-refractivity contribution in [2.24, 2.45) is 0 Å². The van der Waals surface area contributed by atoms with E-state index in [4.69, 9.17) is 9.72 Å². The number of amides is 1. The Hall–Kier alpha value is -2.50. The summed E-state index contributed by atoms with van der Waals surface area (Å²) in [5.41, 5.74) is 3.18. The minimum absolute atomic E-state index is 0.0756. The number of halogens is 1. The van der Waals surface area contributed by atoms with Gasteiger partial charge in [-0.25, -0.2) is 19.2 Å². The molecule has 5 nitrogen and oxygen atoms in total. The molecule has 0 aliphatic carbocycles. The lowest BCUT2D eigenvalue weighted by molar-refractivity contribution is -0.0105. The summed E-state index contributed by atoms with van der Waals surface area (Å²) in [6, 6.07) is 6.40. The first-order valence-corrected chi connectivity index (χ1v) is 9.87. The monoisotopic (exact) mass is 383 g/mol. The highest BCUT2D eigenvalue weighted by Gasteiger charge is 2.44. The van der Waals surface area contributed by atoms with Crippen molar-refractivity contribution in [3.05, 3.63) is 47.2 Å². The van der Waals surface area contributed by atoms with Crippen LogP contribution in [0.3, 0.4) is 0 Å². The van der Waals surface area contributed by atoms with Crippen LogP contribution >= 0.6 is 0 Å². The molecular formula is C22H26FN3O2. The van der Waals surface area contributed by atoms with E-state index in [1.54, 1.807) is 12.1 Å². The summed E-state index contributed by atoms with van der Waals surface area (Å²) < 4.78 is 19.1. The number of benzene rings is 1. The fourth-order valence-corrected chi connectivity index (χ4v) is 4.32. The van der Waals surface area contributed by atoms with Gasteiger partial charge in [0.05, 0.1) is 17.4 Å². The number of fused-ring (bicyclic) bond motifs is 4. The second kappa shape index (κ2) is 6.83. The van der Waals surface area contributed by atoms with Crippen LogP contribution in [0, 0.1) is 12.7 Å². The van der Waals surface area contributed by atoms with Crippen molar-refractivity contribution in [1.29, 1.82) is 0 Å². The van der Waals surface area contributed by atoms with Crippen molar-refractivity contribution < 1.29 is 13.9 Å². The summed E-state index contributed by atoms with van der Waals surface area (Å²) in [7, 11) is 0. The number of hydrogen-bond donors (Lipinski definition) is 0. The molecule has 2 bridgehead atoms. The highest BCUT2D eigenvalue weighted by atomic mass is 19.1. The van der Waals surface area contributed by atoms with E-state index in [1.165, 1.54) is 12.1 Å². The molecule has 2 atom stereocenters. The minimum atomic E-state index is -0.535. The van der Waals surface area contributed by atoms with Crippen LogP contribution in [-0.2, 0) is 11.2 Å². The molecule has 2 aliphatic rings. The average Bonchev–Trinajstić information content (AvgIpc) is 2.61. The zero-order valence-electron chi connectivity index (χ0n) is 16.8. The van der Waals surface area contributed by atoms with Gasteiger partial charge in [0.2, 0.25) is 0 Å². The molecule has 1 saturated heterocycles. The van der Waals surface area contributed by atoms with Gasteiger partial charge < -0.3 is 4.74 Å². The SMILES string of the molecule is Cc1nc(-c2ccc(F)cc2)c2c(n1)[C@@H]1CCC[C@H](C2)N1C(=O)OC(C)(C)C. The summed E-state index contributed by atoms with van der Waals surface area (Å²) >= 11 is 0. The van der Waals surface area contributed by atoms with Crippen molar-refractivity contribution in [1.82, 2.24) is 14.9 Å². The van der Waals surface area contributed by atoms with Crippen LogP contribution in [0.15, 0.2) is 24.3 Å². The second-order valence-corrected chi connectivity index (χ2v) is 8.68. The highest BCUT2D eigenvalue weighted by Crippen LogP contribution is 2.44. The van der Waals surface area contributed by atoms with Crippen molar-refractivity contribution in [2.75, 3.05) is 0 Å². The molecule has 1 aromatic heterocycles. The number of carbonyl (C=O) groups is 1. The van der Waals surface area contributed by atoms with Crippen LogP contribution in [0.4, 0.5) is 9.18 Å². The Kier molecular flexibility index (Phi) is 4.60. The summed E-state index contributed by atoms with van der Waals surface area (Å²) in [6.45, 7) is 7.52. The maximum atomic E-state index is 13.4. The zero-order chi connectivity index (χ0) is 20.1. The molecule has 2 aliphatic heterocycles. The van der Waals surface area contributed by atoms with Crippen LogP contribution in [0.5, 0.6) is 0 Å². The van der Waals surface area contributed by atoms with Crippen LogP contribution in [0.1, 0.15) is 63.2 Å². The van der Waals surface area contributed by atoms with Gasteiger partial charge in [-0.2, -0.15) is 0 Å². The van der Waals surface area contributed by atoms with Crippen LogP contribution in [-0.4, -0.2) is 32.6 Å². The van der Waals surface area contributed by atoms with Crippen LogP contribution in [0.25, 0.3) is 11.3 Å². The maximum absolute atomic E-state index is 13.4. The topological polar surface area (TPSA) is 55.3 Å². The summed E-state index contributed by atoms with van der Waals surface area (Å²) in [5, 5.41) is 0. The fourth-order valence-electron chi connectivity index (χ4n) is 4.32. The third-order valence-electron chi connectivity index (χ3n) is 5.37. The Morgan fingerprint density at radius 2 is 1.89 bits per heavy atom. The van der Waals surface area contributed by atoms with Gasteiger partial charge in [0.25, 0.3) is 0 Å². The van der Waals surface area contributed by atoms with Gasteiger partial charge in [0.15, 0.2) is 0 Å². The Morgan fingerprint density at radius 1 is 1.18 bits per heavy atom. The Morgan fingerprint density at radius 3 is 2.57 bits per heavy atom. The molecule has 2 aromatic rings. The van der Waals surface area contributed by atoms with Gasteiger partial charge in [-0.15, -0.1) is 0 Å². The first-order chi connectivity index (χ1) is 13.2. The first-order valence-electron chi connectivity index (χ1n) is 9.87. The van der Waals surface area contributed by atoms with Gasteiger partial charge in [0.1, 0.15) is 17.2 Å². The van der Waals surface area contributed by atoms with E-state index in [0.717, 1.165) is 41.8 Å². The van der Waals surface area contributed by atoms with Crippen molar-refractivity contribution in [3.8, 4) is 11.3 Å². The Balaban J connectivity index is 1.78. The summed E-state index contributed by atoms with van der Waals surface area (Å²) in [5.74, 6) is 0.391. The van der Waals surface area contributed by atoms with E-state index in [9.17, 15) is 9.18 Å². The summed E-state index contributed by atoms with van der Waals surface area (Å²) in [6.07, 6.45) is 3.28. The van der Waals surface area contributed by atoms with Crippen molar-refractivity contribution in [2.45, 2.75) is 71.1 Å². The van der Waals surface area contributed by atoms with Crippen LogP contribution < -0.4 is 0 Å². The van der Waals surface area contributed by atoms with Crippen molar-refractivity contribution in [3.63, 3.8) is 0 Å². The first kappa shape index (κ1) is 18.8. The van der Waals surface area contributed by atoms with E-state index < -0.39 is 5.60 Å². The Labute approximate surface area is 164 Å². The lowest BCUT2D eigenvalue weighted by atomic mass is 9.81. The molecular weight excluding hydrogens is 357 g/mol. The molecule has 0 spiro atoms. The zero-order valence-corrected chi connectivity index (χ0v) is 16.8. The molecule has 3 heterocycles. The predicted molar refractivity (Wildman–Crippen MR) is 104 cm³/mol. The van der Waals surface area contributed by atoms with E-state index >= 15 is 0 Å². The highest BCUT2D eigenvalue weighted by molar-refractivity contribution is 5.72. The number of piperidine rings is 1. The normalized spacial score (nSPS) is 21.2. The molecule has 1 fully saturated rings. The third-order valence-corrected chi connectivity index (χ3v) is 5.37. The fraction of sp³-hybridized carbons (Fsp3) is 0.500. The van der Waals surface area contributed by atoms with E-state index in [2.05, 4.69) is 4.98 Å². The lowest BCUT2D eigenvalue weighted by Crippen LogP contribution is -2.51. The molecule has 0 saturated carbocycles. The standard InChI is InChI=1S/C22H26FN3O2/c1-13-24-19(14-8-10-15(23)11-9-14)17-12-16-6-5-7-18(20(17)25-13)26(16)21(27)28-22(2,3)4/h8-11,16,18H,5-7,12H2,1-4H3/t16-,18+/m1/s1. The molecule has 0 N–H and O–H groups in total. The molecule has 6 heteroatoms. The second-order valence-electron chi connectivity index (χ2n) is 8.68. The molecule has 1 aromatic carbocycles. The van der Waals surface area contributed by atoms with Gasteiger partial charge in [-0.3, -0.25) is 4.90 Å². The predicted octanol–water partition coefficient (Wildman–Crippen LogP) is 4.98. The number of aromatic nitrogens is 2. The third kappa shape index (κ3) is 3.48. The lowest BCUT2D eigenvalue weighted by Gasteiger charge is -2.46.